The second-order valence-electron chi connectivity index (χ2n) is 5.37. The van der Waals surface area contributed by atoms with Crippen molar-refractivity contribution in [3.8, 4) is 0 Å². The van der Waals surface area contributed by atoms with Gasteiger partial charge in [0, 0.05) is 11.6 Å². The normalized spacial score (nSPS) is 17.8. The van der Waals surface area contributed by atoms with E-state index in [9.17, 15) is 4.79 Å². The van der Waals surface area contributed by atoms with Crippen molar-refractivity contribution in [2.75, 3.05) is 0 Å². The standard InChI is InChI=1S/C15H26BNO/c1-7-9-10-13(17-14(16)18)12(5)15(6,8-2)11(3)4/h7,9-12H,8H2,1-6H3,(H,17,18)/b9-7-,13-10+. The summed E-state index contributed by atoms with van der Waals surface area (Å²) >= 11 is 0. The van der Waals surface area contributed by atoms with Gasteiger partial charge in [-0.05, 0) is 30.8 Å². The Balaban J connectivity index is 5.28. The largest absolute Gasteiger partial charge is 0.339 e. The average molecular weight is 247 g/mol. The van der Waals surface area contributed by atoms with E-state index in [-0.39, 0.29) is 11.3 Å². The quantitative estimate of drug-likeness (QED) is 0.557. The lowest BCUT2D eigenvalue weighted by Crippen LogP contribution is -2.37. The first kappa shape index (κ1) is 17.0. The number of hydrogen-bond acceptors (Lipinski definition) is 1. The van der Waals surface area contributed by atoms with E-state index in [2.05, 4.69) is 39.9 Å². The van der Waals surface area contributed by atoms with Crippen molar-refractivity contribution < 1.29 is 4.79 Å². The number of hydrogen-bond donors (Lipinski definition) is 1. The topological polar surface area (TPSA) is 29.1 Å². The third kappa shape index (κ3) is 4.36. The van der Waals surface area contributed by atoms with Crippen LogP contribution in [-0.4, -0.2) is 13.7 Å². The van der Waals surface area contributed by atoms with Crippen molar-refractivity contribution >= 4 is 13.7 Å². The van der Waals surface area contributed by atoms with Gasteiger partial charge in [-0.25, -0.2) is 0 Å². The fourth-order valence-corrected chi connectivity index (χ4v) is 2.21. The summed E-state index contributed by atoms with van der Waals surface area (Å²) in [6, 6.07) is 0. The predicted molar refractivity (Wildman–Crippen MR) is 79.6 cm³/mol. The van der Waals surface area contributed by atoms with Gasteiger partial charge in [-0.15, -0.1) is 0 Å². The lowest BCUT2D eigenvalue weighted by Gasteiger charge is -2.40. The summed E-state index contributed by atoms with van der Waals surface area (Å²) < 4.78 is 0. The van der Waals surface area contributed by atoms with Crippen molar-refractivity contribution in [2.24, 2.45) is 17.3 Å². The van der Waals surface area contributed by atoms with Gasteiger partial charge >= 0.3 is 0 Å². The molecule has 2 radical (unpaired) electrons. The van der Waals surface area contributed by atoms with E-state index in [1.54, 1.807) is 0 Å². The fraction of sp³-hybridized carbons (Fsp3) is 0.667. The molecule has 0 rings (SSSR count). The van der Waals surface area contributed by atoms with Crippen LogP contribution in [0.3, 0.4) is 0 Å². The van der Waals surface area contributed by atoms with Crippen LogP contribution >= 0.6 is 0 Å². The maximum Gasteiger partial charge on any atom is 0.200 e. The summed E-state index contributed by atoms with van der Waals surface area (Å²) in [5.74, 6) is 0.271. The number of nitrogens with one attached hydrogen (secondary N) is 1. The molecule has 1 amide bonds. The van der Waals surface area contributed by atoms with Gasteiger partial charge in [0.15, 0.2) is 5.81 Å². The summed E-state index contributed by atoms with van der Waals surface area (Å²) in [7, 11) is 5.25. The Labute approximate surface area is 113 Å². The molecule has 0 heterocycles. The highest BCUT2D eigenvalue weighted by atomic mass is 16.1. The average Bonchev–Trinajstić information content (AvgIpc) is 2.31. The highest BCUT2D eigenvalue weighted by Crippen LogP contribution is 2.41. The molecule has 2 nitrogen and oxygen atoms in total. The Hall–Kier alpha value is -0.985. The zero-order valence-corrected chi connectivity index (χ0v) is 12.6. The summed E-state index contributed by atoms with van der Waals surface area (Å²) in [4.78, 5) is 11.1. The van der Waals surface area contributed by atoms with E-state index in [1.165, 1.54) is 0 Å². The van der Waals surface area contributed by atoms with E-state index in [0.717, 1.165) is 12.1 Å². The molecule has 1 N–H and O–H groups in total. The molecule has 0 saturated heterocycles. The van der Waals surface area contributed by atoms with Crippen LogP contribution in [0.5, 0.6) is 0 Å². The van der Waals surface area contributed by atoms with E-state index in [0.29, 0.717) is 5.92 Å². The Morgan fingerprint density at radius 3 is 2.28 bits per heavy atom. The zero-order valence-electron chi connectivity index (χ0n) is 12.6. The first-order valence-corrected chi connectivity index (χ1v) is 6.68. The second-order valence-corrected chi connectivity index (χ2v) is 5.37. The van der Waals surface area contributed by atoms with Crippen LogP contribution in [0, 0.1) is 17.3 Å². The number of rotatable bonds is 6. The van der Waals surface area contributed by atoms with Gasteiger partial charge in [-0.3, -0.25) is 4.79 Å². The molecule has 0 aliphatic carbocycles. The van der Waals surface area contributed by atoms with Crippen LogP contribution in [0.2, 0.25) is 0 Å². The van der Waals surface area contributed by atoms with Crippen molar-refractivity contribution in [2.45, 2.75) is 48.0 Å². The lowest BCUT2D eigenvalue weighted by atomic mass is 9.67. The predicted octanol–water partition coefficient (Wildman–Crippen LogP) is 4.03. The summed E-state index contributed by atoms with van der Waals surface area (Å²) in [5, 5.41) is 2.76. The molecule has 2 unspecified atom stereocenters. The van der Waals surface area contributed by atoms with Gasteiger partial charge < -0.3 is 5.32 Å². The molecule has 0 spiro atoms. The fourth-order valence-electron chi connectivity index (χ4n) is 2.21. The van der Waals surface area contributed by atoms with Crippen LogP contribution in [0.4, 0.5) is 4.79 Å². The second kappa shape index (κ2) is 7.45. The SMILES string of the molecule is [B]C(=O)N/C(=C/C=C\C)C(C)C(C)(CC)C(C)C. The van der Waals surface area contributed by atoms with Gasteiger partial charge in [-0.1, -0.05) is 46.8 Å². The number of allylic oxidation sites excluding steroid dienone is 4. The van der Waals surface area contributed by atoms with Gasteiger partial charge in [0.05, 0.1) is 0 Å². The molecule has 0 fully saturated rings. The van der Waals surface area contributed by atoms with Crippen LogP contribution in [0.1, 0.15) is 48.0 Å². The van der Waals surface area contributed by atoms with E-state index in [1.807, 2.05) is 25.2 Å². The summed E-state index contributed by atoms with van der Waals surface area (Å²) in [6.07, 6.45) is 6.86. The molecule has 18 heavy (non-hydrogen) atoms. The molecule has 3 heteroatoms. The monoisotopic (exact) mass is 247 g/mol. The van der Waals surface area contributed by atoms with Crippen LogP contribution in [0.25, 0.3) is 0 Å². The molecular weight excluding hydrogens is 221 g/mol. The maximum atomic E-state index is 11.1. The molecule has 0 aromatic carbocycles. The molecule has 0 bridgehead atoms. The van der Waals surface area contributed by atoms with Crippen molar-refractivity contribution in [3.05, 3.63) is 23.9 Å². The molecule has 0 aliphatic rings. The third-order valence-corrected chi connectivity index (χ3v) is 4.27. The zero-order chi connectivity index (χ0) is 14.3. The van der Waals surface area contributed by atoms with Crippen LogP contribution < -0.4 is 5.32 Å². The first-order valence-electron chi connectivity index (χ1n) is 6.68. The smallest absolute Gasteiger partial charge is 0.200 e. The number of amides is 1. The Morgan fingerprint density at radius 2 is 1.94 bits per heavy atom. The van der Waals surface area contributed by atoms with Crippen molar-refractivity contribution in [3.63, 3.8) is 0 Å². The molecule has 100 valence electrons. The van der Waals surface area contributed by atoms with Crippen molar-refractivity contribution in [1.29, 1.82) is 0 Å². The van der Waals surface area contributed by atoms with Crippen LogP contribution in [-0.2, 0) is 0 Å². The third-order valence-electron chi connectivity index (χ3n) is 4.27. The molecular formula is C15H26BNO. The summed E-state index contributed by atoms with van der Waals surface area (Å²) in [6.45, 7) is 13.0. The summed E-state index contributed by atoms with van der Waals surface area (Å²) in [5.41, 5.74) is 1.02. The first-order chi connectivity index (χ1) is 8.29. The van der Waals surface area contributed by atoms with Crippen LogP contribution in [0.15, 0.2) is 23.9 Å². The molecule has 0 aromatic heterocycles. The van der Waals surface area contributed by atoms with Crippen molar-refractivity contribution in [1.82, 2.24) is 5.32 Å². The molecule has 2 atom stereocenters. The highest BCUT2D eigenvalue weighted by Gasteiger charge is 2.34. The maximum absolute atomic E-state index is 11.1. The number of carbonyl (C=O) groups excluding carboxylic acids is 1. The Bertz CT molecular complexity index is 333. The Morgan fingerprint density at radius 1 is 1.39 bits per heavy atom. The molecule has 0 aromatic rings. The molecule has 0 aliphatic heterocycles. The molecule has 0 saturated carbocycles. The van der Waals surface area contributed by atoms with E-state index < -0.39 is 5.81 Å². The van der Waals surface area contributed by atoms with Gasteiger partial charge in [0.2, 0.25) is 7.85 Å². The Kier molecular flexibility index (Phi) is 7.04. The minimum atomic E-state index is -0.500. The van der Waals surface area contributed by atoms with E-state index in [4.69, 9.17) is 7.85 Å². The van der Waals surface area contributed by atoms with Gasteiger partial charge in [0.25, 0.3) is 0 Å². The number of carbonyl (C=O) groups is 1. The minimum Gasteiger partial charge on any atom is -0.339 e. The van der Waals surface area contributed by atoms with Gasteiger partial charge in [0.1, 0.15) is 0 Å². The lowest BCUT2D eigenvalue weighted by molar-refractivity contribution is 0.138. The van der Waals surface area contributed by atoms with Gasteiger partial charge in [-0.2, -0.15) is 0 Å². The minimum absolute atomic E-state index is 0.135. The van der Waals surface area contributed by atoms with E-state index >= 15 is 0 Å². The highest BCUT2D eigenvalue weighted by molar-refractivity contribution is 6.57.